The van der Waals surface area contributed by atoms with E-state index in [1.54, 1.807) is 30.3 Å². The molecule has 0 spiro atoms. The van der Waals surface area contributed by atoms with Gasteiger partial charge in [0, 0.05) is 37.4 Å². The van der Waals surface area contributed by atoms with E-state index >= 15 is 0 Å². The molecular weight excluding hydrogens is 539 g/mol. The lowest BCUT2D eigenvalue weighted by Crippen LogP contribution is -2.27. The van der Waals surface area contributed by atoms with Gasteiger partial charge in [0.15, 0.2) is 0 Å². The summed E-state index contributed by atoms with van der Waals surface area (Å²) < 4.78 is 24.0. The minimum absolute atomic E-state index is 0.214. The molecule has 0 bridgehead atoms. The number of halogens is 1. The highest BCUT2D eigenvalue weighted by Crippen LogP contribution is 2.24. The third-order valence-corrected chi connectivity index (χ3v) is 6.82. The van der Waals surface area contributed by atoms with Gasteiger partial charge in [-0.3, -0.25) is 4.79 Å². The molecule has 3 aromatic rings. The number of aromatic nitrogens is 3. The molecule has 1 aliphatic rings. The number of nitrogens with two attached hydrogens (primary N) is 1. The fourth-order valence-electron chi connectivity index (χ4n) is 4.61. The maximum Gasteiger partial charge on any atom is 0.251 e. The van der Waals surface area contributed by atoms with Crippen LogP contribution in [0.5, 0.6) is 0 Å². The van der Waals surface area contributed by atoms with Crippen molar-refractivity contribution in [1.82, 2.24) is 20.3 Å². The molecule has 12 heteroatoms. The molecule has 1 aromatic heterocycles. The number of hydrogen-bond donors (Lipinski definition) is 5. The molecule has 0 aliphatic heterocycles. The molecule has 1 aliphatic carbocycles. The molecule has 1 heterocycles. The second-order valence-corrected chi connectivity index (χ2v) is 10.1. The molecule has 42 heavy (non-hydrogen) atoms. The Morgan fingerprint density at radius 3 is 2.36 bits per heavy atom. The first-order chi connectivity index (χ1) is 20.6. The summed E-state index contributed by atoms with van der Waals surface area (Å²) >= 11 is 0. The molecule has 4 rings (SSSR count). The number of benzene rings is 2. The average molecular weight is 581 g/mol. The van der Waals surface area contributed by atoms with Gasteiger partial charge in [0.2, 0.25) is 17.8 Å². The molecular formula is C30H41FN8O3. The van der Waals surface area contributed by atoms with Crippen molar-refractivity contribution < 1.29 is 18.7 Å². The Bertz CT molecular complexity index is 1240. The highest BCUT2D eigenvalue weighted by molar-refractivity contribution is 5.95. The van der Waals surface area contributed by atoms with Crippen LogP contribution in [-0.4, -0.2) is 66.9 Å². The highest BCUT2D eigenvalue weighted by atomic mass is 19.1. The molecule has 0 radical (unpaired) electrons. The van der Waals surface area contributed by atoms with E-state index in [1.807, 2.05) is 6.07 Å². The van der Waals surface area contributed by atoms with E-state index in [9.17, 15) is 9.18 Å². The Labute approximate surface area is 246 Å². The number of nitrogens with zero attached hydrogens (tertiary/aromatic N) is 3. The summed E-state index contributed by atoms with van der Waals surface area (Å²) in [5.74, 6) is 1.27. The van der Waals surface area contributed by atoms with Crippen LogP contribution < -0.4 is 27.0 Å². The highest BCUT2D eigenvalue weighted by Gasteiger charge is 2.15. The number of rotatable bonds is 17. The van der Waals surface area contributed by atoms with Crippen molar-refractivity contribution in [3.8, 4) is 0 Å². The number of hydrogen-bond acceptors (Lipinski definition) is 10. The zero-order chi connectivity index (χ0) is 29.4. The van der Waals surface area contributed by atoms with Gasteiger partial charge in [-0.15, -0.1) is 0 Å². The third kappa shape index (κ3) is 10.8. The van der Waals surface area contributed by atoms with Crippen LogP contribution in [-0.2, 0) is 16.0 Å². The van der Waals surface area contributed by atoms with Crippen molar-refractivity contribution in [2.45, 2.75) is 38.6 Å². The van der Waals surface area contributed by atoms with Gasteiger partial charge in [0.05, 0.1) is 26.4 Å². The van der Waals surface area contributed by atoms with Gasteiger partial charge in [-0.1, -0.05) is 37.5 Å². The number of carbonyl (C=O) groups excluding carboxylic acids is 1. The Hall–Kier alpha value is -3.87. The minimum atomic E-state index is -0.284. The summed E-state index contributed by atoms with van der Waals surface area (Å²) in [5, 5.41) is 12.7. The van der Waals surface area contributed by atoms with Crippen LogP contribution in [0, 0.1) is 11.7 Å². The summed E-state index contributed by atoms with van der Waals surface area (Å²) in [4.78, 5) is 26.4. The van der Waals surface area contributed by atoms with E-state index in [2.05, 4.69) is 36.2 Å². The van der Waals surface area contributed by atoms with Crippen molar-refractivity contribution in [2.24, 2.45) is 11.7 Å². The second-order valence-electron chi connectivity index (χ2n) is 10.1. The van der Waals surface area contributed by atoms with Crippen molar-refractivity contribution >= 4 is 29.4 Å². The average Bonchev–Trinajstić information content (AvgIpc) is 3.01. The summed E-state index contributed by atoms with van der Waals surface area (Å²) in [6, 6.07) is 13.4. The first kappa shape index (κ1) is 31.1. The Kier molecular flexibility index (Phi) is 12.7. The Balaban J connectivity index is 1.37. The molecule has 2 aromatic carbocycles. The van der Waals surface area contributed by atoms with Crippen molar-refractivity contribution in [2.75, 3.05) is 62.0 Å². The van der Waals surface area contributed by atoms with Crippen LogP contribution >= 0.6 is 0 Å². The van der Waals surface area contributed by atoms with E-state index < -0.39 is 0 Å². The minimum Gasteiger partial charge on any atom is -0.378 e. The molecule has 11 nitrogen and oxygen atoms in total. The van der Waals surface area contributed by atoms with E-state index in [0.717, 1.165) is 12.1 Å². The molecule has 0 saturated heterocycles. The smallest absolute Gasteiger partial charge is 0.251 e. The summed E-state index contributed by atoms with van der Waals surface area (Å²) in [6.07, 6.45) is 6.19. The zero-order valence-electron chi connectivity index (χ0n) is 23.9. The maximum absolute atomic E-state index is 13.3. The SMILES string of the molecule is NCCOCCOCCNC(=O)c1cccc(Nc2nc(NCc3ccc(F)cc3)nc(NCC3CCCCC3)n2)c1. The normalized spacial score (nSPS) is 13.5. The summed E-state index contributed by atoms with van der Waals surface area (Å²) in [5.41, 5.74) is 7.42. The molecule has 0 atom stereocenters. The van der Waals surface area contributed by atoms with Gasteiger partial charge < -0.3 is 36.5 Å². The van der Waals surface area contributed by atoms with Crippen LogP contribution in [0.2, 0.25) is 0 Å². The van der Waals surface area contributed by atoms with Crippen LogP contribution in [0.3, 0.4) is 0 Å². The van der Waals surface area contributed by atoms with Gasteiger partial charge in [-0.2, -0.15) is 15.0 Å². The predicted molar refractivity (Wildman–Crippen MR) is 161 cm³/mol. The maximum atomic E-state index is 13.3. The van der Waals surface area contributed by atoms with Crippen LogP contribution in [0.15, 0.2) is 48.5 Å². The van der Waals surface area contributed by atoms with Gasteiger partial charge in [0.25, 0.3) is 5.91 Å². The van der Waals surface area contributed by atoms with E-state index in [1.165, 1.54) is 44.2 Å². The van der Waals surface area contributed by atoms with E-state index in [0.29, 0.717) is 81.1 Å². The molecule has 226 valence electrons. The van der Waals surface area contributed by atoms with Crippen molar-refractivity contribution in [1.29, 1.82) is 0 Å². The summed E-state index contributed by atoms with van der Waals surface area (Å²) in [7, 11) is 0. The number of anilines is 4. The zero-order valence-corrected chi connectivity index (χ0v) is 23.9. The quantitative estimate of drug-likeness (QED) is 0.148. The lowest BCUT2D eigenvalue weighted by atomic mass is 9.89. The van der Waals surface area contributed by atoms with Crippen molar-refractivity contribution in [3.05, 3.63) is 65.5 Å². The summed E-state index contributed by atoms with van der Waals surface area (Å²) in [6.45, 7) is 3.86. The fourth-order valence-corrected chi connectivity index (χ4v) is 4.61. The van der Waals surface area contributed by atoms with Gasteiger partial charge >= 0.3 is 0 Å². The molecule has 6 N–H and O–H groups in total. The number of ether oxygens (including phenoxy) is 2. The van der Waals surface area contributed by atoms with Crippen LogP contribution in [0.1, 0.15) is 48.0 Å². The predicted octanol–water partition coefficient (Wildman–Crippen LogP) is 4.08. The standard InChI is InChI=1S/C30H41FN8O3/c31-25-11-9-23(10-12-25)21-35-29-37-28(34-20-22-5-2-1-3-6-22)38-30(39-29)36-26-8-4-7-24(19-26)27(40)33-14-16-42-18-17-41-15-13-32/h4,7-12,19,22H,1-3,5-6,13-18,20-21,32H2,(H,33,40)(H3,34,35,36,37,38,39). The van der Waals surface area contributed by atoms with Gasteiger partial charge in [-0.05, 0) is 54.7 Å². The van der Waals surface area contributed by atoms with Crippen LogP contribution in [0.25, 0.3) is 0 Å². The Morgan fingerprint density at radius 2 is 1.60 bits per heavy atom. The van der Waals surface area contributed by atoms with E-state index in [4.69, 9.17) is 15.2 Å². The molecule has 1 saturated carbocycles. The largest absolute Gasteiger partial charge is 0.378 e. The first-order valence-corrected chi connectivity index (χ1v) is 14.6. The molecule has 1 amide bonds. The van der Waals surface area contributed by atoms with Crippen molar-refractivity contribution in [3.63, 3.8) is 0 Å². The number of amides is 1. The monoisotopic (exact) mass is 580 g/mol. The molecule has 0 unspecified atom stereocenters. The molecule has 1 fully saturated rings. The lowest BCUT2D eigenvalue weighted by Gasteiger charge is -2.21. The van der Waals surface area contributed by atoms with Crippen LogP contribution in [0.4, 0.5) is 27.9 Å². The van der Waals surface area contributed by atoms with Gasteiger partial charge in [0.1, 0.15) is 5.82 Å². The topological polar surface area (TPSA) is 148 Å². The number of nitrogens with one attached hydrogen (secondary N) is 4. The Morgan fingerprint density at radius 1 is 0.881 bits per heavy atom. The third-order valence-electron chi connectivity index (χ3n) is 6.82. The lowest BCUT2D eigenvalue weighted by molar-refractivity contribution is 0.0511. The first-order valence-electron chi connectivity index (χ1n) is 14.6. The van der Waals surface area contributed by atoms with Gasteiger partial charge in [-0.25, -0.2) is 4.39 Å². The second kappa shape index (κ2) is 17.2. The fraction of sp³-hybridized carbons (Fsp3) is 0.467. The van der Waals surface area contributed by atoms with E-state index in [-0.39, 0.29) is 11.7 Å². The number of carbonyl (C=O) groups is 1.